The van der Waals surface area contributed by atoms with Crippen LogP contribution in [0.3, 0.4) is 0 Å². The number of aryl methyl sites for hydroxylation is 1. The van der Waals surface area contributed by atoms with Crippen LogP contribution in [0.5, 0.6) is 5.75 Å². The van der Waals surface area contributed by atoms with E-state index in [1.54, 1.807) is 31.1 Å². The van der Waals surface area contributed by atoms with Crippen molar-refractivity contribution in [2.24, 2.45) is 12.0 Å². The van der Waals surface area contributed by atoms with Gasteiger partial charge in [0.05, 0.1) is 6.54 Å². The number of rotatable bonds is 5. The SMILES string of the molecule is CN=C(NCC(C)(C)Oc1ccccc1)N1CCN(c2nccn(C)c2=O)CC1.I. The second-order valence-electron chi connectivity index (χ2n) is 7.72. The minimum absolute atomic E-state index is 0. The smallest absolute Gasteiger partial charge is 0.293 e. The van der Waals surface area contributed by atoms with Crippen molar-refractivity contribution in [1.29, 1.82) is 0 Å². The number of nitrogens with one attached hydrogen (secondary N) is 1. The Labute approximate surface area is 195 Å². The first-order valence-electron chi connectivity index (χ1n) is 9.86. The monoisotopic (exact) mass is 526 g/mol. The summed E-state index contributed by atoms with van der Waals surface area (Å²) in [5.74, 6) is 2.19. The first-order valence-corrected chi connectivity index (χ1v) is 9.86. The first-order chi connectivity index (χ1) is 13.9. The molecule has 0 bridgehead atoms. The molecular weight excluding hydrogens is 495 g/mol. The van der Waals surface area contributed by atoms with Gasteiger partial charge in [-0.05, 0) is 26.0 Å². The molecule has 9 heteroatoms. The Balaban J connectivity index is 0.00000320. The predicted molar refractivity (Wildman–Crippen MR) is 131 cm³/mol. The van der Waals surface area contributed by atoms with E-state index in [1.807, 2.05) is 35.2 Å². The fraction of sp³-hybridized carbons (Fsp3) is 0.476. The van der Waals surface area contributed by atoms with E-state index >= 15 is 0 Å². The van der Waals surface area contributed by atoms with Crippen LogP contribution < -0.4 is 20.5 Å². The number of piperazine rings is 1. The molecule has 1 aliphatic heterocycles. The molecule has 3 rings (SSSR count). The van der Waals surface area contributed by atoms with Gasteiger partial charge >= 0.3 is 0 Å². The molecule has 1 saturated heterocycles. The summed E-state index contributed by atoms with van der Waals surface area (Å²) in [6, 6.07) is 9.81. The molecule has 8 nitrogen and oxygen atoms in total. The van der Waals surface area contributed by atoms with Gasteiger partial charge < -0.3 is 24.4 Å². The molecule has 1 aromatic heterocycles. The summed E-state index contributed by atoms with van der Waals surface area (Å²) in [7, 11) is 3.53. The van der Waals surface area contributed by atoms with Crippen LogP contribution in [0.4, 0.5) is 5.82 Å². The van der Waals surface area contributed by atoms with Gasteiger partial charge in [-0.2, -0.15) is 0 Å². The molecule has 0 aliphatic carbocycles. The number of aromatic nitrogens is 2. The van der Waals surface area contributed by atoms with Gasteiger partial charge in [0.1, 0.15) is 11.4 Å². The van der Waals surface area contributed by atoms with E-state index in [1.165, 1.54) is 0 Å². The van der Waals surface area contributed by atoms with Crippen LogP contribution in [-0.4, -0.2) is 65.8 Å². The lowest BCUT2D eigenvalue weighted by molar-refractivity contribution is 0.112. The van der Waals surface area contributed by atoms with Crippen molar-refractivity contribution < 1.29 is 4.74 Å². The maximum atomic E-state index is 12.3. The van der Waals surface area contributed by atoms with Crippen molar-refractivity contribution in [3.63, 3.8) is 0 Å². The zero-order valence-electron chi connectivity index (χ0n) is 18.0. The highest BCUT2D eigenvalue weighted by Gasteiger charge is 2.25. The zero-order valence-corrected chi connectivity index (χ0v) is 20.4. The van der Waals surface area contributed by atoms with Crippen molar-refractivity contribution in [3.8, 4) is 5.75 Å². The van der Waals surface area contributed by atoms with E-state index in [-0.39, 0.29) is 35.1 Å². The molecule has 2 aromatic rings. The highest BCUT2D eigenvalue weighted by Crippen LogP contribution is 2.17. The predicted octanol–water partition coefficient (Wildman–Crippen LogP) is 1.95. The minimum Gasteiger partial charge on any atom is -0.486 e. The number of hydrogen-bond acceptors (Lipinski definition) is 5. The third kappa shape index (κ3) is 6.10. The summed E-state index contributed by atoms with van der Waals surface area (Å²) in [4.78, 5) is 25.2. The molecule has 0 saturated carbocycles. The van der Waals surface area contributed by atoms with E-state index in [2.05, 4.69) is 34.0 Å². The van der Waals surface area contributed by atoms with Crippen LogP contribution in [0.2, 0.25) is 0 Å². The van der Waals surface area contributed by atoms with E-state index in [9.17, 15) is 4.79 Å². The van der Waals surface area contributed by atoms with Crippen molar-refractivity contribution in [3.05, 3.63) is 53.1 Å². The molecular formula is C21H31IN6O2. The second-order valence-corrected chi connectivity index (χ2v) is 7.72. The van der Waals surface area contributed by atoms with Crippen molar-refractivity contribution in [2.75, 3.05) is 44.7 Å². The van der Waals surface area contributed by atoms with Crippen molar-refractivity contribution in [2.45, 2.75) is 19.4 Å². The van der Waals surface area contributed by atoms with Crippen molar-refractivity contribution >= 4 is 35.8 Å². The normalized spacial score (nSPS) is 14.9. The Hall–Kier alpha value is -2.30. The summed E-state index contributed by atoms with van der Waals surface area (Å²) < 4.78 is 7.65. The van der Waals surface area contributed by atoms with Crippen molar-refractivity contribution in [1.82, 2.24) is 19.8 Å². The lowest BCUT2D eigenvalue weighted by atomic mass is 10.1. The maximum Gasteiger partial charge on any atom is 0.293 e. The van der Waals surface area contributed by atoms with Gasteiger partial charge in [0, 0.05) is 52.7 Å². The Morgan fingerprint density at radius 1 is 1.20 bits per heavy atom. The van der Waals surface area contributed by atoms with Crippen LogP contribution in [0, 0.1) is 0 Å². The second kappa shape index (κ2) is 10.6. The van der Waals surface area contributed by atoms with Gasteiger partial charge in [-0.15, -0.1) is 24.0 Å². The number of halogens is 1. The van der Waals surface area contributed by atoms with Gasteiger partial charge in [0.15, 0.2) is 11.8 Å². The van der Waals surface area contributed by atoms with Gasteiger partial charge in [-0.25, -0.2) is 4.98 Å². The summed E-state index contributed by atoms with van der Waals surface area (Å²) in [5.41, 5.74) is -0.456. The van der Waals surface area contributed by atoms with Gasteiger partial charge in [0.25, 0.3) is 5.56 Å². The maximum absolute atomic E-state index is 12.3. The highest BCUT2D eigenvalue weighted by atomic mass is 127. The number of guanidine groups is 1. The number of benzene rings is 1. The van der Waals surface area contributed by atoms with Crippen LogP contribution in [0.25, 0.3) is 0 Å². The van der Waals surface area contributed by atoms with Crippen LogP contribution >= 0.6 is 24.0 Å². The Bertz CT molecular complexity index is 892. The molecule has 30 heavy (non-hydrogen) atoms. The van der Waals surface area contributed by atoms with Crippen LogP contribution in [0.15, 0.2) is 52.5 Å². The molecule has 1 aliphatic rings. The van der Waals surface area contributed by atoms with Crippen LogP contribution in [0.1, 0.15) is 13.8 Å². The quantitative estimate of drug-likeness (QED) is 0.365. The fourth-order valence-electron chi connectivity index (χ4n) is 3.30. The standard InChI is InChI=1S/C21H30N6O2.HI/c1-21(2,29-17-8-6-5-7-9-17)16-24-20(22-3)27-14-12-26(13-15-27)18-19(28)25(4)11-10-23-18;/h5-11H,12-16H2,1-4H3,(H,22,24);1H. The molecule has 2 heterocycles. The average molecular weight is 526 g/mol. The number of para-hydroxylation sites is 1. The van der Waals surface area contributed by atoms with E-state index in [4.69, 9.17) is 4.74 Å². The number of anilines is 1. The fourth-order valence-corrected chi connectivity index (χ4v) is 3.30. The molecule has 164 valence electrons. The van der Waals surface area contributed by atoms with Crippen LogP contribution in [-0.2, 0) is 7.05 Å². The highest BCUT2D eigenvalue weighted by molar-refractivity contribution is 14.0. The summed E-state index contributed by atoms with van der Waals surface area (Å²) in [6.07, 6.45) is 3.34. The molecule has 1 aromatic carbocycles. The zero-order chi connectivity index (χ0) is 20.9. The minimum atomic E-state index is -0.390. The Morgan fingerprint density at radius 3 is 2.50 bits per heavy atom. The first kappa shape index (κ1) is 24.0. The molecule has 1 N–H and O–H groups in total. The molecule has 0 amide bonds. The number of nitrogens with zero attached hydrogens (tertiary/aromatic N) is 5. The molecule has 0 radical (unpaired) electrons. The average Bonchev–Trinajstić information content (AvgIpc) is 2.71. The Morgan fingerprint density at radius 2 is 1.87 bits per heavy atom. The number of ether oxygens (including phenoxy) is 1. The topological polar surface area (TPSA) is 75.0 Å². The number of hydrogen-bond donors (Lipinski definition) is 1. The summed E-state index contributed by atoms with van der Waals surface area (Å²) in [5, 5.41) is 3.43. The molecule has 1 fully saturated rings. The van der Waals surface area contributed by atoms with E-state index in [0.29, 0.717) is 12.4 Å². The largest absolute Gasteiger partial charge is 0.486 e. The molecule has 0 spiro atoms. The third-order valence-corrected chi connectivity index (χ3v) is 4.90. The third-order valence-electron chi connectivity index (χ3n) is 4.90. The van der Waals surface area contributed by atoms with Gasteiger partial charge in [-0.3, -0.25) is 9.79 Å². The van der Waals surface area contributed by atoms with E-state index < -0.39 is 0 Å². The Kier molecular flexibility index (Phi) is 8.51. The van der Waals surface area contributed by atoms with Gasteiger partial charge in [0.2, 0.25) is 0 Å². The van der Waals surface area contributed by atoms with Gasteiger partial charge in [-0.1, -0.05) is 18.2 Å². The lowest BCUT2D eigenvalue weighted by Crippen LogP contribution is -2.55. The molecule has 0 atom stereocenters. The molecule has 0 unspecified atom stereocenters. The summed E-state index contributed by atoms with van der Waals surface area (Å²) >= 11 is 0. The summed E-state index contributed by atoms with van der Waals surface area (Å²) in [6.45, 7) is 7.69. The lowest BCUT2D eigenvalue weighted by Gasteiger charge is -2.37. The number of aliphatic imine (C=N–C) groups is 1. The van der Waals surface area contributed by atoms with E-state index in [0.717, 1.165) is 37.9 Å².